The van der Waals surface area contributed by atoms with E-state index in [1.807, 2.05) is 36.5 Å². The molecule has 5 nitrogen and oxygen atoms in total. The van der Waals surface area contributed by atoms with Gasteiger partial charge in [0.05, 0.1) is 11.1 Å². The van der Waals surface area contributed by atoms with Crippen LogP contribution in [-0.4, -0.2) is 20.3 Å². The Morgan fingerprint density at radius 1 is 0.964 bits per heavy atom. The molecule has 0 aliphatic rings. The molecule has 0 fully saturated rings. The Morgan fingerprint density at radius 2 is 1.82 bits per heavy atom. The van der Waals surface area contributed by atoms with Crippen molar-refractivity contribution in [2.75, 3.05) is 0 Å². The minimum atomic E-state index is 0.780. The van der Waals surface area contributed by atoms with E-state index in [1.165, 1.54) is 5.56 Å². The summed E-state index contributed by atoms with van der Waals surface area (Å²) in [6.07, 6.45) is 4.68. The Hall–Kier alpha value is -3.73. The van der Waals surface area contributed by atoms with Crippen LogP contribution in [0.1, 0.15) is 12.5 Å². The summed E-state index contributed by atoms with van der Waals surface area (Å²) in [4.78, 5) is 4.43. The molecule has 0 spiro atoms. The van der Waals surface area contributed by atoms with Gasteiger partial charge in [-0.2, -0.15) is 5.10 Å². The summed E-state index contributed by atoms with van der Waals surface area (Å²) in [5.74, 6) is 0.780. The van der Waals surface area contributed by atoms with Crippen molar-refractivity contribution in [3.63, 3.8) is 0 Å². The van der Waals surface area contributed by atoms with Gasteiger partial charge in [0, 0.05) is 23.5 Å². The summed E-state index contributed by atoms with van der Waals surface area (Å²) in [5, 5.41) is 12.6. The molecule has 0 amide bonds. The first-order valence-corrected chi connectivity index (χ1v) is 9.28. The second-order valence-corrected chi connectivity index (χ2v) is 6.66. The van der Waals surface area contributed by atoms with Gasteiger partial charge in [0.25, 0.3) is 0 Å². The maximum Gasteiger partial charge on any atom is 0.174 e. The summed E-state index contributed by atoms with van der Waals surface area (Å²) in [6.45, 7) is 2.15. The average Bonchev–Trinajstić information content (AvgIpc) is 3.41. The first-order valence-electron chi connectivity index (χ1n) is 9.28. The van der Waals surface area contributed by atoms with Gasteiger partial charge in [0.15, 0.2) is 5.76 Å². The number of H-pyrrole nitrogens is 1. The molecule has 5 rings (SSSR count). The topological polar surface area (TPSA) is 67.6 Å². The third-order valence-corrected chi connectivity index (χ3v) is 4.96. The smallest absolute Gasteiger partial charge is 0.174 e. The summed E-state index contributed by atoms with van der Waals surface area (Å²) in [7, 11) is 0. The number of hydrogen-bond acceptors (Lipinski definition) is 4. The van der Waals surface area contributed by atoms with E-state index in [2.05, 4.69) is 57.6 Å². The summed E-state index contributed by atoms with van der Waals surface area (Å²) in [5.41, 5.74) is 6.84. The van der Waals surface area contributed by atoms with Gasteiger partial charge in [-0.05, 0) is 41.8 Å². The molecule has 0 atom stereocenters. The first kappa shape index (κ1) is 16.4. The van der Waals surface area contributed by atoms with Crippen LogP contribution < -0.4 is 0 Å². The van der Waals surface area contributed by atoms with Crippen LogP contribution in [0.3, 0.4) is 0 Å². The van der Waals surface area contributed by atoms with E-state index in [1.54, 1.807) is 6.20 Å². The van der Waals surface area contributed by atoms with Gasteiger partial charge in [0.2, 0.25) is 0 Å². The van der Waals surface area contributed by atoms with Gasteiger partial charge in [-0.1, -0.05) is 48.5 Å². The van der Waals surface area contributed by atoms with Crippen molar-refractivity contribution < 1.29 is 4.52 Å². The lowest BCUT2D eigenvalue weighted by molar-refractivity contribution is 0.441. The molecule has 28 heavy (non-hydrogen) atoms. The minimum Gasteiger partial charge on any atom is -0.355 e. The molecule has 0 aliphatic carbocycles. The number of aromatic amines is 1. The Bertz CT molecular complexity index is 1240. The normalized spacial score (nSPS) is 11.2. The lowest BCUT2D eigenvalue weighted by Crippen LogP contribution is -1.86. The predicted octanol–water partition coefficient (Wildman–Crippen LogP) is 5.51. The van der Waals surface area contributed by atoms with Gasteiger partial charge in [0.1, 0.15) is 11.2 Å². The molecule has 3 aromatic heterocycles. The van der Waals surface area contributed by atoms with Gasteiger partial charge in [-0.25, -0.2) is 0 Å². The fraction of sp³-hybridized carbons (Fsp3) is 0.0870. The highest BCUT2D eigenvalue weighted by Crippen LogP contribution is 2.35. The van der Waals surface area contributed by atoms with Crippen molar-refractivity contribution >= 4 is 10.9 Å². The number of hydrogen-bond donors (Lipinski definition) is 1. The Labute approximate surface area is 162 Å². The van der Waals surface area contributed by atoms with E-state index in [0.29, 0.717) is 0 Å². The molecule has 0 unspecified atom stereocenters. The highest BCUT2D eigenvalue weighted by Gasteiger charge is 2.15. The lowest BCUT2D eigenvalue weighted by Gasteiger charge is -2.03. The van der Waals surface area contributed by atoms with Crippen LogP contribution in [-0.2, 0) is 6.42 Å². The summed E-state index contributed by atoms with van der Waals surface area (Å²) in [6, 6.07) is 20.4. The molecule has 1 N–H and O–H groups in total. The van der Waals surface area contributed by atoms with Gasteiger partial charge >= 0.3 is 0 Å². The highest BCUT2D eigenvalue weighted by atomic mass is 16.5. The monoisotopic (exact) mass is 366 g/mol. The van der Waals surface area contributed by atoms with Crippen LogP contribution in [0.25, 0.3) is 44.7 Å². The number of nitrogens with one attached hydrogen (secondary N) is 1. The van der Waals surface area contributed by atoms with Crippen molar-refractivity contribution in [1.82, 2.24) is 20.3 Å². The van der Waals surface area contributed by atoms with Gasteiger partial charge in [-0.15, -0.1) is 0 Å². The number of benzene rings is 2. The summed E-state index contributed by atoms with van der Waals surface area (Å²) < 4.78 is 5.68. The Morgan fingerprint density at radius 3 is 2.61 bits per heavy atom. The molecule has 0 aliphatic heterocycles. The average molecular weight is 366 g/mol. The second-order valence-electron chi connectivity index (χ2n) is 6.66. The number of aryl methyl sites for hydroxylation is 1. The molecule has 0 radical (unpaired) electrons. The van der Waals surface area contributed by atoms with E-state index in [9.17, 15) is 0 Å². The molecular weight excluding hydrogens is 348 g/mol. The largest absolute Gasteiger partial charge is 0.355 e. The Balaban J connectivity index is 1.62. The number of pyridine rings is 1. The third kappa shape index (κ3) is 2.77. The number of fused-ring (bicyclic) bond motifs is 1. The second kappa shape index (κ2) is 6.78. The van der Waals surface area contributed by atoms with Crippen molar-refractivity contribution in [2.45, 2.75) is 13.3 Å². The molecule has 0 saturated heterocycles. The van der Waals surface area contributed by atoms with E-state index < -0.39 is 0 Å². The molecule has 0 bridgehead atoms. The molecule has 5 aromatic rings. The SMILES string of the molecule is CCc1ccc(-c2onc3ccc(-c4c[nH]nc4-c4ccccn4)cc23)cc1. The maximum atomic E-state index is 5.68. The van der Waals surface area contributed by atoms with Crippen molar-refractivity contribution in [1.29, 1.82) is 0 Å². The van der Waals surface area contributed by atoms with Crippen molar-refractivity contribution in [3.05, 3.63) is 78.6 Å². The van der Waals surface area contributed by atoms with Crippen LogP contribution in [0.5, 0.6) is 0 Å². The fourth-order valence-corrected chi connectivity index (χ4v) is 3.42. The van der Waals surface area contributed by atoms with Gasteiger partial charge in [-0.3, -0.25) is 10.1 Å². The highest BCUT2D eigenvalue weighted by molar-refractivity contribution is 5.95. The number of aromatic nitrogens is 4. The zero-order valence-corrected chi connectivity index (χ0v) is 15.4. The van der Waals surface area contributed by atoms with E-state index in [-0.39, 0.29) is 0 Å². The maximum absolute atomic E-state index is 5.68. The van der Waals surface area contributed by atoms with Gasteiger partial charge < -0.3 is 4.52 Å². The fourth-order valence-electron chi connectivity index (χ4n) is 3.42. The van der Waals surface area contributed by atoms with E-state index in [4.69, 9.17) is 4.52 Å². The van der Waals surface area contributed by atoms with Crippen LogP contribution in [0.4, 0.5) is 0 Å². The first-order chi connectivity index (χ1) is 13.8. The number of nitrogens with zero attached hydrogens (tertiary/aromatic N) is 3. The minimum absolute atomic E-state index is 0.780. The molecular formula is C23H18N4O. The zero-order chi connectivity index (χ0) is 18.9. The Kier molecular flexibility index (Phi) is 3.98. The van der Waals surface area contributed by atoms with E-state index >= 15 is 0 Å². The number of rotatable bonds is 4. The molecule has 0 saturated carbocycles. The van der Waals surface area contributed by atoms with E-state index in [0.717, 1.165) is 51.2 Å². The van der Waals surface area contributed by atoms with Crippen LogP contribution in [0.15, 0.2) is 77.6 Å². The molecule has 136 valence electrons. The summed E-state index contributed by atoms with van der Waals surface area (Å²) >= 11 is 0. The lowest BCUT2D eigenvalue weighted by atomic mass is 10.0. The van der Waals surface area contributed by atoms with Crippen LogP contribution in [0, 0.1) is 0 Å². The van der Waals surface area contributed by atoms with Crippen molar-refractivity contribution in [3.8, 4) is 33.8 Å². The molecule has 5 heteroatoms. The molecule has 2 aromatic carbocycles. The molecule has 3 heterocycles. The third-order valence-electron chi connectivity index (χ3n) is 4.96. The predicted molar refractivity (Wildman–Crippen MR) is 110 cm³/mol. The zero-order valence-electron chi connectivity index (χ0n) is 15.4. The standard InChI is InChI=1S/C23H18N4O/c1-2-15-6-8-16(9-7-15)23-18-13-17(10-11-20(18)27-28-23)19-14-25-26-22(19)21-5-3-4-12-24-21/h3-14H,2H2,1H3,(H,25,26). The van der Waals surface area contributed by atoms with Crippen molar-refractivity contribution in [2.24, 2.45) is 0 Å². The van der Waals surface area contributed by atoms with Crippen LogP contribution >= 0.6 is 0 Å². The quantitative estimate of drug-likeness (QED) is 0.455. The van der Waals surface area contributed by atoms with Crippen LogP contribution in [0.2, 0.25) is 0 Å².